The quantitative estimate of drug-likeness (QED) is 0.127. The summed E-state index contributed by atoms with van der Waals surface area (Å²) in [5, 5.41) is 0. The fraction of sp³-hybridized carbons (Fsp3) is 0.333. The molecule has 4 aromatic rings. The zero-order chi connectivity index (χ0) is 42.4. The van der Waals surface area contributed by atoms with Crippen LogP contribution < -0.4 is 0 Å². The second-order valence-electron chi connectivity index (χ2n) is 14.1. The molecule has 1 aliphatic heterocycles. The van der Waals surface area contributed by atoms with E-state index in [0.29, 0.717) is 44.5 Å². The Hall–Kier alpha value is -5.42. The molecule has 0 atom stereocenters. The van der Waals surface area contributed by atoms with E-state index in [1.165, 1.54) is 60.6 Å². The summed E-state index contributed by atoms with van der Waals surface area (Å²) in [5.74, 6) is -2.38. The van der Waals surface area contributed by atoms with Gasteiger partial charge in [0.05, 0.1) is 9.79 Å². The number of sulfonamides is 2. The molecule has 0 aliphatic carbocycles. The lowest BCUT2D eigenvalue weighted by molar-refractivity contribution is -0.143. The maximum absolute atomic E-state index is 14.7. The van der Waals surface area contributed by atoms with E-state index in [4.69, 9.17) is 18.9 Å². The fourth-order valence-corrected chi connectivity index (χ4v) is 9.15. The topological polar surface area (TPSA) is 180 Å². The Balaban J connectivity index is 1.83. The van der Waals surface area contributed by atoms with Crippen molar-refractivity contribution < 1.29 is 55.0 Å². The van der Waals surface area contributed by atoms with Crippen molar-refractivity contribution in [2.45, 2.75) is 104 Å². The normalized spacial score (nSPS) is 13.8. The van der Waals surface area contributed by atoms with E-state index >= 15 is 0 Å². The van der Waals surface area contributed by atoms with Gasteiger partial charge < -0.3 is 18.9 Å². The first-order chi connectivity index (χ1) is 27.3. The zero-order valence-corrected chi connectivity index (χ0v) is 34.8. The van der Waals surface area contributed by atoms with Crippen molar-refractivity contribution in [1.82, 2.24) is 8.61 Å². The van der Waals surface area contributed by atoms with Crippen LogP contribution in [0.1, 0.15) is 83.3 Å². The lowest BCUT2D eigenvalue weighted by Crippen LogP contribution is -2.34. The molecule has 0 saturated carbocycles. The minimum Gasteiger partial charge on any atom is -0.461 e. The van der Waals surface area contributed by atoms with Crippen molar-refractivity contribution in [3.8, 4) is 0 Å². The number of aryl methyl sites for hydroxylation is 2. The molecule has 0 spiro atoms. The molecule has 308 valence electrons. The third-order valence-electron chi connectivity index (χ3n) is 9.47. The lowest BCUT2D eigenvalue weighted by atomic mass is 9.96. The summed E-state index contributed by atoms with van der Waals surface area (Å²) in [7, 11) is -8.58. The summed E-state index contributed by atoms with van der Waals surface area (Å²) < 4.78 is 82.8. The molecule has 16 heteroatoms. The Kier molecular flexibility index (Phi) is 13.9. The van der Waals surface area contributed by atoms with Gasteiger partial charge in [0.25, 0.3) is 0 Å². The van der Waals surface area contributed by atoms with Gasteiger partial charge in [0.15, 0.2) is 0 Å². The molecule has 4 bridgehead atoms. The standard InChI is InChI=1S/C42H46N2O12S2/c1-27-7-11-41(12-8-27)57(49,50)43-19-33-15-35(39(25-55-31(5)47)17-37(33)23-53-29(3)45)21-44(58(51,52)42-13-9-28(2)10-14-42)22-36-16-34(20-43)38(24-54-30(4)46)18-40(36)26-56-32(6)48/h7-18H,19-26H2,1-6H3. The molecular weight excluding hydrogens is 789 g/mol. The van der Waals surface area contributed by atoms with Gasteiger partial charge in [-0.25, -0.2) is 16.8 Å². The van der Waals surface area contributed by atoms with Crippen molar-refractivity contribution in [3.05, 3.63) is 128 Å². The summed E-state index contributed by atoms with van der Waals surface area (Å²) in [6.07, 6.45) is 0. The predicted octanol–water partition coefficient (Wildman–Crippen LogP) is 5.65. The first kappa shape index (κ1) is 43.7. The summed E-state index contributed by atoms with van der Waals surface area (Å²) in [4.78, 5) is 48.3. The maximum Gasteiger partial charge on any atom is 0.302 e. The van der Waals surface area contributed by atoms with Crippen molar-refractivity contribution in [2.75, 3.05) is 0 Å². The van der Waals surface area contributed by atoms with Crippen LogP contribution in [0.2, 0.25) is 0 Å². The largest absolute Gasteiger partial charge is 0.461 e. The highest BCUT2D eigenvalue weighted by atomic mass is 32.2. The van der Waals surface area contributed by atoms with Gasteiger partial charge in [0, 0.05) is 53.9 Å². The highest BCUT2D eigenvalue weighted by molar-refractivity contribution is 7.89. The Bertz CT molecular complexity index is 2170. The second-order valence-corrected chi connectivity index (χ2v) is 17.9. The molecule has 0 unspecified atom stereocenters. The Morgan fingerprint density at radius 2 is 0.690 bits per heavy atom. The molecule has 0 saturated heterocycles. The van der Waals surface area contributed by atoms with Crippen LogP contribution >= 0.6 is 0 Å². The van der Waals surface area contributed by atoms with Gasteiger partial charge in [-0.3, -0.25) is 19.2 Å². The minimum atomic E-state index is -4.29. The molecular formula is C42H46N2O12S2. The summed E-state index contributed by atoms with van der Waals surface area (Å²) in [5.41, 5.74) is 4.82. The molecule has 1 aliphatic rings. The van der Waals surface area contributed by atoms with Crippen molar-refractivity contribution in [2.24, 2.45) is 0 Å². The fourth-order valence-electron chi connectivity index (χ4n) is 6.36. The van der Waals surface area contributed by atoms with Gasteiger partial charge in [-0.05, 0) is 94.8 Å². The molecule has 5 rings (SSSR count). The predicted molar refractivity (Wildman–Crippen MR) is 210 cm³/mol. The van der Waals surface area contributed by atoms with Crippen molar-refractivity contribution in [1.29, 1.82) is 0 Å². The van der Waals surface area contributed by atoms with Gasteiger partial charge in [-0.1, -0.05) is 47.5 Å². The van der Waals surface area contributed by atoms with Crippen LogP contribution in [-0.4, -0.2) is 49.3 Å². The Morgan fingerprint density at radius 3 is 0.914 bits per heavy atom. The molecule has 4 aromatic carbocycles. The van der Waals surface area contributed by atoms with Crippen LogP contribution in [0.4, 0.5) is 0 Å². The number of fused-ring (bicyclic) bond motifs is 4. The van der Waals surface area contributed by atoms with E-state index in [-0.39, 0.29) is 62.4 Å². The van der Waals surface area contributed by atoms with Gasteiger partial charge in [0.1, 0.15) is 26.4 Å². The Morgan fingerprint density at radius 1 is 0.448 bits per heavy atom. The van der Waals surface area contributed by atoms with Gasteiger partial charge in [-0.2, -0.15) is 8.61 Å². The molecule has 0 amide bonds. The van der Waals surface area contributed by atoms with Gasteiger partial charge >= 0.3 is 23.9 Å². The van der Waals surface area contributed by atoms with Crippen LogP contribution in [0.25, 0.3) is 0 Å². The van der Waals surface area contributed by atoms with Crippen LogP contribution in [0, 0.1) is 13.8 Å². The highest BCUT2D eigenvalue weighted by Crippen LogP contribution is 2.33. The van der Waals surface area contributed by atoms with Crippen LogP contribution in [0.5, 0.6) is 0 Å². The molecule has 1 heterocycles. The number of hydrogen-bond donors (Lipinski definition) is 0. The third-order valence-corrected chi connectivity index (χ3v) is 13.1. The Labute approximate surface area is 338 Å². The first-order valence-corrected chi connectivity index (χ1v) is 21.2. The molecule has 14 nitrogen and oxygen atoms in total. The second kappa shape index (κ2) is 18.4. The van der Waals surface area contributed by atoms with Gasteiger partial charge in [0.2, 0.25) is 20.0 Å². The maximum atomic E-state index is 14.7. The number of rotatable bonds is 12. The minimum absolute atomic E-state index is 0.00189. The van der Waals surface area contributed by atoms with E-state index in [1.807, 2.05) is 13.8 Å². The summed E-state index contributed by atoms with van der Waals surface area (Å²) in [6.45, 7) is 6.38. The molecule has 0 radical (unpaired) electrons. The average Bonchev–Trinajstić information content (AvgIpc) is 3.15. The summed E-state index contributed by atoms with van der Waals surface area (Å²) >= 11 is 0. The molecule has 0 fully saturated rings. The third kappa shape index (κ3) is 10.9. The highest BCUT2D eigenvalue weighted by Gasteiger charge is 2.32. The number of ether oxygens (including phenoxy) is 4. The number of hydrogen-bond acceptors (Lipinski definition) is 12. The van der Waals surface area contributed by atoms with E-state index in [0.717, 1.165) is 11.1 Å². The molecule has 0 aromatic heterocycles. The van der Waals surface area contributed by atoms with Crippen LogP contribution in [0.3, 0.4) is 0 Å². The van der Waals surface area contributed by atoms with Crippen LogP contribution in [0.15, 0.2) is 82.6 Å². The zero-order valence-electron chi connectivity index (χ0n) is 33.2. The van der Waals surface area contributed by atoms with Crippen molar-refractivity contribution >= 4 is 43.9 Å². The number of carbonyl (C=O) groups is 4. The first-order valence-electron chi connectivity index (χ1n) is 18.3. The van der Waals surface area contributed by atoms with Gasteiger partial charge in [-0.15, -0.1) is 0 Å². The number of carbonyl (C=O) groups excluding carboxylic acids is 4. The average molecular weight is 835 g/mol. The number of esters is 4. The smallest absolute Gasteiger partial charge is 0.302 e. The van der Waals surface area contributed by atoms with E-state index < -0.39 is 43.9 Å². The summed E-state index contributed by atoms with van der Waals surface area (Å²) in [6, 6.07) is 19.2. The molecule has 0 N–H and O–H groups in total. The monoisotopic (exact) mass is 834 g/mol. The number of nitrogens with zero attached hydrogens (tertiary/aromatic N) is 2. The van der Waals surface area contributed by atoms with Crippen molar-refractivity contribution in [3.63, 3.8) is 0 Å². The van der Waals surface area contributed by atoms with Crippen LogP contribution in [-0.2, 0) is 111 Å². The molecule has 58 heavy (non-hydrogen) atoms. The SMILES string of the molecule is CC(=O)OCc1cc(COC(C)=O)c2cc1CN(S(=O)(=O)c1ccc(C)cc1)Cc1cc(c(COC(C)=O)cc1COC(C)=O)CN(S(=O)(=O)c1ccc(C)cc1)C2. The lowest BCUT2D eigenvalue weighted by Gasteiger charge is -2.30. The van der Waals surface area contributed by atoms with E-state index in [1.54, 1.807) is 48.5 Å². The number of benzene rings is 4. The van der Waals surface area contributed by atoms with E-state index in [2.05, 4.69) is 0 Å². The van der Waals surface area contributed by atoms with E-state index in [9.17, 15) is 36.0 Å².